The van der Waals surface area contributed by atoms with E-state index in [1.54, 1.807) is 0 Å². The van der Waals surface area contributed by atoms with Crippen LogP contribution in [0.2, 0.25) is 0 Å². The fourth-order valence-corrected chi connectivity index (χ4v) is 9.68. The van der Waals surface area contributed by atoms with Gasteiger partial charge < -0.3 is 0 Å². The Morgan fingerprint density at radius 2 is 0.515 bits per heavy atom. The molecule has 0 radical (unpaired) electrons. The molecule has 0 amide bonds. The zero-order chi connectivity index (χ0) is 23.7. The van der Waals surface area contributed by atoms with Crippen molar-refractivity contribution in [2.24, 2.45) is 51.8 Å². The molecule has 0 aliphatic heterocycles. The van der Waals surface area contributed by atoms with E-state index in [9.17, 15) is 0 Å². The third-order valence-corrected chi connectivity index (χ3v) is 12.8. The van der Waals surface area contributed by atoms with Crippen molar-refractivity contribution in [3.05, 3.63) is 0 Å². The second-order valence-corrected chi connectivity index (χ2v) is 15.3. The largest absolute Gasteiger partial charge is 0.0594 e. The van der Waals surface area contributed by atoms with Crippen LogP contribution in [0, 0.1) is 51.8 Å². The van der Waals surface area contributed by atoms with E-state index >= 15 is 0 Å². The van der Waals surface area contributed by atoms with Crippen molar-refractivity contribution < 1.29 is 0 Å². The van der Waals surface area contributed by atoms with Crippen LogP contribution in [-0.2, 0) is 0 Å². The molecule has 0 aromatic heterocycles. The van der Waals surface area contributed by atoms with Crippen molar-refractivity contribution >= 4 is 0 Å². The van der Waals surface area contributed by atoms with Gasteiger partial charge in [0.15, 0.2) is 0 Å². The van der Waals surface area contributed by atoms with Crippen LogP contribution in [-0.4, -0.2) is 0 Å². The average molecular weight is 457 g/mol. The number of rotatable bonds is 6. The average Bonchev–Trinajstić information content (AvgIpc) is 2.85. The van der Waals surface area contributed by atoms with E-state index in [0.29, 0.717) is 16.2 Å². The minimum Gasteiger partial charge on any atom is -0.0594 e. The summed E-state index contributed by atoms with van der Waals surface area (Å²) in [5.74, 6) is 5.75. The molecular weight excluding hydrogens is 396 g/mol. The fraction of sp³-hybridized carbons (Fsp3) is 1.00. The fourth-order valence-electron chi connectivity index (χ4n) is 9.68. The van der Waals surface area contributed by atoms with Crippen LogP contribution >= 0.6 is 0 Å². The second-order valence-electron chi connectivity index (χ2n) is 15.3. The lowest BCUT2D eigenvalue weighted by molar-refractivity contribution is -0.0660. The van der Waals surface area contributed by atoms with Gasteiger partial charge in [-0.15, -0.1) is 0 Å². The van der Waals surface area contributed by atoms with Gasteiger partial charge in [-0.05, 0) is 110 Å². The normalized spacial score (nSPS) is 32.7. The van der Waals surface area contributed by atoms with Gasteiger partial charge in [0.25, 0.3) is 0 Å². The van der Waals surface area contributed by atoms with E-state index in [1.807, 2.05) is 0 Å². The predicted molar refractivity (Wildman–Crippen MR) is 145 cm³/mol. The molecule has 33 heavy (non-hydrogen) atoms. The Balaban J connectivity index is 1.59. The number of hydrogen-bond donors (Lipinski definition) is 0. The topological polar surface area (TPSA) is 0 Å². The van der Waals surface area contributed by atoms with Gasteiger partial charge in [0.05, 0.1) is 0 Å². The molecule has 0 unspecified atom stereocenters. The molecule has 0 spiro atoms. The van der Waals surface area contributed by atoms with Crippen molar-refractivity contribution in [3.8, 4) is 0 Å². The van der Waals surface area contributed by atoms with Crippen LogP contribution in [0.1, 0.15) is 157 Å². The summed E-state index contributed by atoms with van der Waals surface area (Å²) in [6.45, 7) is 16.3. The van der Waals surface area contributed by atoms with Crippen molar-refractivity contribution in [2.75, 3.05) is 0 Å². The summed E-state index contributed by atoms with van der Waals surface area (Å²) in [5.41, 5.74) is 1.59. The van der Waals surface area contributed by atoms with Crippen molar-refractivity contribution in [1.29, 1.82) is 0 Å². The van der Waals surface area contributed by atoms with Crippen molar-refractivity contribution in [2.45, 2.75) is 157 Å². The first kappa shape index (κ1) is 26.1. The summed E-state index contributed by atoms with van der Waals surface area (Å²) in [6, 6.07) is 0. The third kappa shape index (κ3) is 5.56. The van der Waals surface area contributed by atoms with E-state index in [-0.39, 0.29) is 0 Å². The van der Waals surface area contributed by atoms with Gasteiger partial charge in [0.2, 0.25) is 0 Å². The minimum absolute atomic E-state index is 0.530. The summed E-state index contributed by atoms with van der Waals surface area (Å²) in [7, 11) is 0. The summed E-state index contributed by atoms with van der Waals surface area (Å²) in [5, 5.41) is 0. The highest BCUT2D eigenvalue weighted by Gasteiger charge is 2.51. The van der Waals surface area contributed by atoms with Gasteiger partial charge >= 0.3 is 0 Å². The monoisotopic (exact) mass is 456 g/mol. The molecule has 4 rings (SSSR count). The highest BCUT2D eigenvalue weighted by Crippen LogP contribution is 2.60. The first-order chi connectivity index (χ1) is 15.6. The van der Waals surface area contributed by atoms with Gasteiger partial charge in [-0.25, -0.2) is 0 Å². The highest BCUT2D eigenvalue weighted by molar-refractivity contribution is 5.00. The molecule has 4 fully saturated rings. The van der Waals surface area contributed by atoms with Crippen LogP contribution in [0.25, 0.3) is 0 Å². The van der Waals surface area contributed by atoms with E-state index in [2.05, 4.69) is 41.5 Å². The zero-order valence-corrected chi connectivity index (χ0v) is 23.7. The minimum atomic E-state index is 0.530. The van der Waals surface area contributed by atoms with Crippen LogP contribution in [0.5, 0.6) is 0 Å². The third-order valence-electron chi connectivity index (χ3n) is 12.8. The summed E-state index contributed by atoms with van der Waals surface area (Å²) >= 11 is 0. The first-order valence-corrected chi connectivity index (χ1v) is 15.6. The summed E-state index contributed by atoms with van der Waals surface area (Å²) in [4.78, 5) is 0. The Hall–Kier alpha value is 0. The van der Waals surface area contributed by atoms with Crippen molar-refractivity contribution in [3.63, 3.8) is 0 Å². The van der Waals surface area contributed by atoms with Crippen LogP contribution in [0.15, 0.2) is 0 Å². The van der Waals surface area contributed by atoms with Gasteiger partial charge in [0, 0.05) is 0 Å². The molecule has 192 valence electrons. The lowest BCUT2D eigenvalue weighted by Crippen LogP contribution is -2.47. The van der Waals surface area contributed by atoms with Crippen LogP contribution in [0.4, 0.5) is 0 Å². The Morgan fingerprint density at radius 3 is 0.727 bits per heavy atom. The number of hydrogen-bond acceptors (Lipinski definition) is 0. The quantitative estimate of drug-likeness (QED) is 0.373. The molecule has 4 saturated carbocycles. The lowest BCUT2D eigenvalue weighted by atomic mass is 9.49. The molecule has 0 saturated heterocycles. The lowest BCUT2D eigenvalue weighted by Gasteiger charge is -2.56. The molecule has 0 atom stereocenters. The molecular formula is C33H60. The van der Waals surface area contributed by atoms with Crippen LogP contribution in [0.3, 0.4) is 0 Å². The molecule has 0 aromatic rings. The molecule has 0 bridgehead atoms. The van der Waals surface area contributed by atoms with Gasteiger partial charge in [-0.3, -0.25) is 0 Å². The molecule has 0 aromatic carbocycles. The molecule has 4 aliphatic carbocycles. The summed E-state index contributed by atoms with van der Waals surface area (Å²) < 4.78 is 0. The Labute approximate surface area is 208 Å². The van der Waals surface area contributed by atoms with E-state index in [4.69, 9.17) is 0 Å². The van der Waals surface area contributed by atoms with E-state index < -0.39 is 0 Å². The molecule has 0 heteroatoms. The van der Waals surface area contributed by atoms with E-state index in [1.165, 1.54) is 116 Å². The van der Waals surface area contributed by atoms with Gasteiger partial charge in [0.1, 0.15) is 0 Å². The maximum atomic E-state index is 2.72. The molecule has 0 nitrogen and oxygen atoms in total. The predicted octanol–water partition coefficient (Wildman–Crippen LogP) is 10.8. The van der Waals surface area contributed by atoms with Crippen LogP contribution < -0.4 is 0 Å². The zero-order valence-electron chi connectivity index (χ0n) is 23.7. The SMILES string of the molecule is CC(C)(C1CCCCC1)C1CC(C(C)(C)C2CCCCC2)CC(C(C)(C)C2CCCCC2)C1. The standard InChI is InChI=1S/C33H60/c1-31(2,25-16-10-7-11-17-25)28-22-29(32(3,4)26-18-12-8-13-19-26)24-30(23-28)33(5,6)27-20-14-9-15-21-27/h25-30H,7-24H2,1-6H3. The molecule has 0 N–H and O–H groups in total. The summed E-state index contributed by atoms with van der Waals surface area (Å²) in [6.07, 6.45) is 27.1. The molecule has 0 heterocycles. The van der Waals surface area contributed by atoms with Crippen molar-refractivity contribution in [1.82, 2.24) is 0 Å². The van der Waals surface area contributed by atoms with Gasteiger partial charge in [-0.2, -0.15) is 0 Å². The van der Waals surface area contributed by atoms with E-state index in [0.717, 1.165) is 35.5 Å². The van der Waals surface area contributed by atoms with Gasteiger partial charge in [-0.1, -0.05) is 99.3 Å². The smallest absolute Gasteiger partial charge is 0.0297 e. The second kappa shape index (κ2) is 10.5. The maximum absolute atomic E-state index is 2.72. The first-order valence-electron chi connectivity index (χ1n) is 15.6. The Kier molecular flexibility index (Phi) is 8.33. The highest BCUT2D eigenvalue weighted by atomic mass is 14.6. The molecule has 4 aliphatic rings. The Bertz CT molecular complexity index is 500. The Morgan fingerprint density at radius 1 is 0.303 bits per heavy atom. The maximum Gasteiger partial charge on any atom is -0.0297 e.